The van der Waals surface area contributed by atoms with Crippen molar-refractivity contribution in [1.29, 1.82) is 0 Å². The molecule has 0 aliphatic rings. The van der Waals surface area contributed by atoms with E-state index in [-0.39, 0.29) is 5.75 Å². The molecule has 0 bridgehead atoms. The van der Waals surface area contributed by atoms with Crippen LogP contribution in [0.4, 0.5) is 0 Å². The molecule has 2 rings (SSSR count). The lowest BCUT2D eigenvalue weighted by molar-refractivity contribution is 0.326. The number of hydrogen-bond donors (Lipinski definition) is 1. The molecule has 0 saturated carbocycles. The predicted octanol–water partition coefficient (Wildman–Crippen LogP) is 5.12. The Morgan fingerprint density at radius 2 is 1.33 bits per heavy atom. The molecule has 0 radical (unpaired) electrons. The summed E-state index contributed by atoms with van der Waals surface area (Å²) in [6.07, 6.45) is 7.00. The lowest BCUT2D eigenvalue weighted by atomic mass is 10.1. The molecule has 0 spiro atoms. The molecule has 144 valence electrons. The van der Waals surface area contributed by atoms with Crippen LogP contribution in [-0.2, 0) is 12.8 Å². The summed E-state index contributed by atoms with van der Waals surface area (Å²) in [6.45, 7) is 11.4. The number of benzene rings is 2. The van der Waals surface area contributed by atoms with Crippen LogP contribution in [0.1, 0.15) is 11.1 Å². The third-order valence-corrected chi connectivity index (χ3v) is 3.59. The second-order valence-electron chi connectivity index (χ2n) is 5.58. The fourth-order valence-electron chi connectivity index (χ4n) is 2.29. The van der Waals surface area contributed by atoms with Gasteiger partial charge >= 0.3 is 0 Å². The summed E-state index contributed by atoms with van der Waals surface area (Å²) < 4.78 is 15.6. The van der Waals surface area contributed by atoms with Gasteiger partial charge in [0.1, 0.15) is 6.61 Å². The molecule has 2 aromatic carbocycles. The maximum absolute atomic E-state index is 9.25. The SMILES string of the molecule is C=CCOc1ccc(CC=C)cc1OC.C=CCc1ccc(O)c(OC)c1. The fourth-order valence-corrected chi connectivity index (χ4v) is 2.29. The largest absolute Gasteiger partial charge is 0.504 e. The van der Waals surface area contributed by atoms with Crippen molar-refractivity contribution >= 4 is 0 Å². The summed E-state index contributed by atoms with van der Waals surface area (Å²) in [6, 6.07) is 11.1. The summed E-state index contributed by atoms with van der Waals surface area (Å²) in [5.74, 6) is 2.17. The van der Waals surface area contributed by atoms with Crippen LogP contribution in [-0.4, -0.2) is 25.9 Å². The number of rotatable bonds is 9. The highest BCUT2D eigenvalue weighted by atomic mass is 16.5. The molecule has 0 aliphatic heterocycles. The Morgan fingerprint density at radius 3 is 1.85 bits per heavy atom. The molecular weight excluding hydrogens is 340 g/mol. The standard InChI is InChI=1S/C13H16O2.C10H12O2/c1-4-6-11-7-8-12(15-9-5-2)13(10-11)14-3;1-3-4-8-5-6-9(11)10(7-8)12-2/h4-5,7-8,10H,1-2,6,9H2,3H3;3,5-7,11H,1,4H2,2H3. The van der Waals surface area contributed by atoms with Crippen LogP contribution in [0.25, 0.3) is 0 Å². The Labute approximate surface area is 162 Å². The molecule has 0 saturated heterocycles. The van der Waals surface area contributed by atoms with Gasteiger partial charge in [-0.3, -0.25) is 0 Å². The summed E-state index contributed by atoms with van der Waals surface area (Å²) in [5, 5.41) is 9.25. The lowest BCUT2D eigenvalue weighted by Gasteiger charge is -2.10. The number of methoxy groups -OCH3 is 2. The first-order valence-electron chi connectivity index (χ1n) is 8.57. The van der Waals surface area contributed by atoms with E-state index in [1.807, 2.05) is 36.4 Å². The molecule has 2 aromatic rings. The molecular formula is C23H28O4. The lowest BCUT2D eigenvalue weighted by Crippen LogP contribution is -1.96. The van der Waals surface area contributed by atoms with Crippen LogP contribution in [0.2, 0.25) is 0 Å². The van der Waals surface area contributed by atoms with Crippen molar-refractivity contribution in [1.82, 2.24) is 0 Å². The Bertz CT molecular complexity index is 750. The molecule has 0 heterocycles. The molecule has 0 aliphatic carbocycles. The van der Waals surface area contributed by atoms with E-state index in [1.54, 1.807) is 25.3 Å². The van der Waals surface area contributed by atoms with Crippen LogP contribution in [0.3, 0.4) is 0 Å². The molecule has 0 fully saturated rings. The highest BCUT2D eigenvalue weighted by Gasteiger charge is 2.04. The highest BCUT2D eigenvalue weighted by molar-refractivity contribution is 5.43. The zero-order valence-corrected chi connectivity index (χ0v) is 16.1. The minimum absolute atomic E-state index is 0.172. The third kappa shape index (κ3) is 7.32. The van der Waals surface area contributed by atoms with Crippen molar-refractivity contribution < 1.29 is 19.3 Å². The molecule has 4 heteroatoms. The van der Waals surface area contributed by atoms with E-state index in [0.29, 0.717) is 12.4 Å². The van der Waals surface area contributed by atoms with Gasteiger partial charge in [-0.05, 0) is 48.2 Å². The van der Waals surface area contributed by atoms with Gasteiger partial charge in [0.2, 0.25) is 0 Å². The van der Waals surface area contributed by atoms with E-state index in [4.69, 9.17) is 14.2 Å². The number of phenolic OH excluding ortho intramolecular Hbond substituents is 1. The zero-order chi connectivity index (χ0) is 20.1. The molecule has 0 aromatic heterocycles. The Balaban J connectivity index is 0.000000277. The van der Waals surface area contributed by atoms with Crippen molar-refractivity contribution in [2.45, 2.75) is 12.8 Å². The predicted molar refractivity (Wildman–Crippen MR) is 111 cm³/mol. The number of phenols is 1. The summed E-state index contributed by atoms with van der Waals surface area (Å²) >= 11 is 0. The van der Waals surface area contributed by atoms with Gasteiger partial charge in [0.15, 0.2) is 23.0 Å². The summed E-state index contributed by atoms with van der Waals surface area (Å²) in [7, 11) is 3.17. The second-order valence-corrected chi connectivity index (χ2v) is 5.58. The maximum atomic E-state index is 9.25. The summed E-state index contributed by atoms with van der Waals surface area (Å²) in [5.41, 5.74) is 2.24. The minimum atomic E-state index is 0.172. The molecule has 27 heavy (non-hydrogen) atoms. The van der Waals surface area contributed by atoms with Gasteiger partial charge in [0.25, 0.3) is 0 Å². The smallest absolute Gasteiger partial charge is 0.161 e. The van der Waals surface area contributed by atoms with Gasteiger partial charge in [-0.2, -0.15) is 0 Å². The van der Waals surface area contributed by atoms with Gasteiger partial charge in [0.05, 0.1) is 14.2 Å². The van der Waals surface area contributed by atoms with E-state index in [2.05, 4.69) is 19.7 Å². The monoisotopic (exact) mass is 368 g/mol. The van der Waals surface area contributed by atoms with E-state index < -0.39 is 0 Å². The van der Waals surface area contributed by atoms with Crippen molar-refractivity contribution in [2.75, 3.05) is 20.8 Å². The molecule has 0 unspecified atom stereocenters. The second kappa shape index (κ2) is 12.3. The van der Waals surface area contributed by atoms with Gasteiger partial charge in [0, 0.05) is 0 Å². The number of allylic oxidation sites excluding steroid dienone is 2. The number of hydrogen-bond acceptors (Lipinski definition) is 4. The quantitative estimate of drug-likeness (QED) is 0.624. The van der Waals surface area contributed by atoms with E-state index in [0.717, 1.165) is 35.5 Å². The first-order chi connectivity index (χ1) is 13.1. The first-order valence-corrected chi connectivity index (χ1v) is 8.57. The van der Waals surface area contributed by atoms with Crippen molar-refractivity contribution in [3.05, 3.63) is 85.5 Å². The minimum Gasteiger partial charge on any atom is -0.504 e. The fraction of sp³-hybridized carbons (Fsp3) is 0.217. The molecule has 0 amide bonds. The van der Waals surface area contributed by atoms with Crippen molar-refractivity contribution in [3.8, 4) is 23.0 Å². The molecule has 1 N–H and O–H groups in total. The highest BCUT2D eigenvalue weighted by Crippen LogP contribution is 2.28. The van der Waals surface area contributed by atoms with E-state index in [9.17, 15) is 5.11 Å². The number of aromatic hydroxyl groups is 1. The van der Waals surface area contributed by atoms with Crippen LogP contribution in [0.5, 0.6) is 23.0 Å². The van der Waals surface area contributed by atoms with E-state index in [1.165, 1.54) is 7.11 Å². The van der Waals surface area contributed by atoms with Gasteiger partial charge in [-0.15, -0.1) is 13.2 Å². The zero-order valence-electron chi connectivity index (χ0n) is 16.1. The van der Waals surface area contributed by atoms with Crippen molar-refractivity contribution in [2.24, 2.45) is 0 Å². The topological polar surface area (TPSA) is 47.9 Å². The van der Waals surface area contributed by atoms with Gasteiger partial charge in [-0.25, -0.2) is 0 Å². The average molecular weight is 368 g/mol. The summed E-state index contributed by atoms with van der Waals surface area (Å²) in [4.78, 5) is 0. The average Bonchev–Trinajstić information content (AvgIpc) is 2.69. The third-order valence-electron chi connectivity index (χ3n) is 3.59. The van der Waals surface area contributed by atoms with E-state index >= 15 is 0 Å². The van der Waals surface area contributed by atoms with Crippen LogP contribution in [0, 0.1) is 0 Å². The molecule has 4 nitrogen and oxygen atoms in total. The first kappa shape index (κ1) is 21.9. The Morgan fingerprint density at radius 1 is 0.778 bits per heavy atom. The maximum Gasteiger partial charge on any atom is 0.161 e. The van der Waals surface area contributed by atoms with Gasteiger partial charge in [-0.1, -0.05) is 36.9 Å². The number of ether oxygens (including phenoxy) is 3. The van der Waals surface area contributed by atoms with Gasteiger partial charge < -0.3 is 19.3 Å². The van der Waals surface area contributed by atoms with Crippen LogP contribution >= 0.6 is 0 Å². The molecule has 0 atom stereocenters. The normalized spacial score (nSPS) is 9.41. The van der Waals surface area contributed by atoms with Crippen molar-refractivity contribution in [3.63, 3.8) is 0 Å². The van der Waals surface area contributed by atoms with Crippen LogP contribution < -0.4 is 14.2 Å². The van der Waals surface area contributed by atoms with Crippen LogP contribution in [0.15, 0.2) is 74.4 Å². The Hall–Kier alpha value is -3.14. The Kier molecular flexibility index (Phi) is 9.94.